The van der Waals surface area contributed by atoms with Crippen LogP contribution >= 0.6 is 0 Å². The molecule has 0 saturated carbocycles. The number of hydrogen-bond donors (Lipinski definition) is 1. The predicted molar refractivity (Wildman–Crippen MR) is 115 cm³/mol. The highest BCUT2D eigenvalue weighted by atomic mass is 16.5. The highest BCUT2D eigenvalue weighted by Gasteiger charge is 2.13. The van der Waals surface area contributed by atoms with Gasteiger partial charge in [-0.2, -0.15) is 0 Å². The molecule has 8 heteroatoms. The van der Waals surface area contributed by atoms with Gasteiger partial charge in [0.05, 0.1) is 11.9 Å². The number of anilines is 1. The summed E-state index contributed by atoms with van der Waals surface area (Å²) >= 11 is 0. The molecular weight excluding hydrogens is 400 g/mol. The lowest BCUT2D eigenvalue weighted by atomic mass is 10.1. The zero-order valence-electron chi connectivity index (χ0n) is 17.4. The first-order valence-corrected chi connectivity index (χ1v) is 10.0. The third kappa shape index (κ3) is 5.91. The molecular formula is C23H24N2O6. The number of para-hydroxylation sites is 2. The molecule has 1 amide bonds. The molecule has 0 atom stereocenters. The van der Waals surface area contributed by atoms with Crippen LogP contribution in [0.2, 0.25) is 0 Å². The van der Waals surface area contributed by atoms with Crippen LogP contribution in [0.4, 0.5) is 5.69 Å². The van der Waals surface area contributed by atoms with Gasteiger partial charge in [-0.3, -0.25) is 19.0 Å². The molecule has 1 aromatic heterocycles. The Balaban J connectivity index is 1.48. The fourth-order valence-corrected chi connectivity index (χ4v) is 3.05. The first-order valence-electron chi connectivity index (χ1n) is 10.0. The Labute approximate surface area is 178 Å². The van der Waals surface area contributed by atoms with Crippen LogP contribution in [-0.2, 0) is 20.9 Å². The Morgan fingerprint density at radius 1 is 1.06 bits per heavy atom. The Morgan fingerprint density at radius 2 is 1.77 bits per heavy atom. The number of benzene rings is 2. The van der Waals surface area contributed by atoms with Crippen molar-refractivity contribution in [1.29, 1.82) is 0 Å². The van der Waals surface area contributed by atoms with E-state index in [1.807, 2.05) is 13.8 Å². The topological polar surface area (TPSA) is 108 Å². The lowest BCUT2D eigenvalue weighted by molar-refractivity contribution is -0.142. The van der Waals surface area contributed by atoms with Crippen molar-refractivity contribution in [3.8, 4) is 0 Å². The molecule has 31 heavy (non-hydrogen) atoms. The summed E-state index contributed by atoms with van der Waals surface area (Å²) in [6.07, 6.45) is 0.342. The van der Waals surface area contributed by atoms with Gasteiger partial charge in [-0.1, -0.05) is 26.0 Å². The van der Waals surface area contributed by atoms with Crippen molar-refractivity contribution in [3.63, 3.8) is 0 Å². The lowest BCUT2D eigenvalue weighted by Gasteiger charge is -2.08. The van der Waals surface area contributed by atoms with Crippen LogP contribution in [0.1, 0.15) is 37.0 Å². The Hall–Kier alpha value is -3.68. The largest absolute Gasteiger partial charge is 0.457 e. The van der Waals surface area contributed by atoms with Gasteiger partial charge >= 0.3 is 11.7 Å². The molecule has 3 aromatic rings. The van der Waals surface area contributed by atoms with Crippen LogP contribution in [0.5, 0.6) is 0 Å². The molecule has 3 rings (SSSR count). The molecule has 0 aliphatic heterocycles. The van der Waals surface area contributed by atoms with Crippen molar-refractivity contribution in [2.45, 2.75) is 33.2 Å². The number of nitrogens with zero attached hydrogens (tertiary/aromatic N) is 1. The summed E-state index contributed by atoms with van der Waals surface area (Å²) in [4.78, 5) is 48.0. The first kappa shape index (κ1) is 22.0. The van der Waals surface area contributed by atoms with Crippen molar-refractivity contribution in [1.82, 2.24) is 4.57 Å². The van der Waals surface area contributed by atoms with Crippen LogP contribution in [0.15, 0.2) is 57.7 Å². The number of carbonyl (C=O) groups excluding carboxylic acids is 3. The van der Waals surface area contributed by atoms with E-state index in [-0.39, 0.29) is 30.6 Å². The Morgan fingerprint density at radius 3 is 2.48 bits per heavy atom. The van der Waals surface area contributed by atoms with E-state index in [9.17, 15) is 19.2 Å². The number of hydrogen-bond acceptors (Lipinski definition) is 6. The van der Waals surface area contributed by atoms with Gasteiger partial charge in [0, 0.05) is 24.2 Å². The number of Topliss-reactive ketones (excluding diaryl/α,β-unsaturated/α-hetero) is 1. The number of esters is 1. The molecule has 1 N–H and O–H groups in total. The number of ether oxygens (including phenoxy) is 1. The quantitative estimate of drug-likeness (QED) is 0.417. The minimum absolute atomic E-state index is 0.0719. The number of nitrogens with one attached hydrogen (secondary N) is 1. The predicted octanol–water partition coefficient (Wildman–Crippen LogP) is 3.40. The summed E-state index contributed by atoms with van der Waals surface area (Å²) in [5.41, 5.74) is 2.00. The van der Waals surface area contributed by atoms with Gasteiger partial charge < -0.3 is 14.5 Å². The summed E-state index contributed by atoms with van der Waals surface area (Å²) in [6, 6.07) is 13.3. The third-order valence-electron chi connectivity index (χ3n) is 4.56. The smallest absolute Gasteiger partial charge is 0.419 e. The van der Waals surface area contributed by atoms with Crippen LogP contribution in [0.3, 0.4) is 0 Å². The summed E-state index contributed by atoms with van der Waals surface area (Å²) in [7, 11) is 0. The van der Waals surface area contributed by atoms with E-state index < -0.39 is 18.3 Å². The first-order chi connectivity index (χ1) is 14.8. The maximum Gasteiger partial charge on any atom is 0.419 e. The number of aryl methyl sites for hydroxylation is 1. The highest BCUT2D eigenvalue weighted by Crippen LogP contribution is 2.13. The maximum atomic E-state index is 12.3. The van der Waals surface area contributed by atoms with Gasteiger partial charge in [0.1, 0.15) is 0 Å². The van der Waals surface area contributed by atoms with E-state index in [2.05, 4.69) is 5.32 Å². The van der Waals surface area contributed by atoms with Gasteiger partial charge in [-0.15, -0.1) is 0 Å². The maximum absolute atomic E-state index is 12.3. The molecule has 0 spiro atoms. The van der Waals surface area contributed by atoms with E-state index in [4.69, 9.17) is 9.15 Å². The number of fused-ring (bicyclic) bond motifs is 1. The Bertz CT molecular complexity index is 1140. The monoisotopic (exact) mass is 424 g/mol. The molecule has 8 nitrogen and oxygen atoms in total. The molecule has 0 unspecified atom stereocenters. The van der Waals surface area contributed by atoms with Crippen molar-refractivity contribution in [3.05, 3.63) is 64.6 Å². The molecule has 2 aromatic carbocycles. The van der Waals surface area contributed by atoms with Crippen molar-refractivity contribution in [2.75, 3.05) is 11.9 Å². The number of amides is 1. The zero-order chi connectivity index (χ0) is 22.4. The molecule has 0 aliphatic carbocycles. The normalized spacial score (nSPS) is 10.9. The van der Waals surface area contributed by atoms with Gasteiger partial charge in [-0.25, -0.2) is 4.79 Å². The SMILES string of the molecule is CC(C)CC(=O)Nc1ccc(C(=O)COC(=O)CCn2c(=O)oc3ccccc32)cc1. The standard InChI is InChI=1S/C23H24N2O6/c1-15(2)13-21(27)24-17-9-7-16(8-10-17)19(26)14-30-22(28)11-12-25-18-5-3-4-6-20(18)31-23(25)29/h3-10,15H,11-14H2,1-2H3,(H,24,27). The van der Waals surface area contributed by atoms with Gasteiger partial charge in [0.25, 0.3) is 0 Å². The summed E-state index contributed by atoms with van der Waals surface area (Å²) in [5, 5.41) is 2.77. The third-order valence-corrected chi connectivity index (χ3v) is 4.56. The van der Waals surface area contributed by atoms with E-state index in [0.717, 1.165) is 0 Å². The minimum atomic E-state index is -0.594. The van der Waals surface area contributed by atoms with Crippen molar-refractivity contribution < 1.29 is 23.5 Å². The Kier molecular flexibility index (Phi) is 7.02. The van der Waals surface area contributed by atoms with Crippen LogP contribution in [-0.4, -0.2) is 28.8 Å². The minimum Gasteiger partial charge on any atom is -0.457 e. The molecule has 0 fully saturated rings. The molecule has 0 saturated heterocycles. The number of oxazole rings is 1. The van der Waals surface area contributed by atoms with E-state index in [1.54, 1.807) is 48.5 Å². The summed E-state index contributed by atoms with van der Waals surface area (Å²) in [6.45, 7) is 3.60. The molecule has 0 bridgehead atoms. The van der Waals surface area contributed by atoms with Gasteiger partial charge in [0.15, 0.2) is 18.0 Å². The fraction of sp³-hybridized carbons (Fsp3) is 0.304. The number of carbonyl (C=O) groups is 3. The molecule has 0 radical (unpaired) electrons. The number of rotatable bonds is 9. The van der Waals surface area contributed by atoms with Gasteiger partial charge in [0.2, 0.25) is 5.91 Å². The van der Waals surface area contributed by atoms with Crippen LogP contribution in [0.25, 0.3) is 11.1 Å². The van der Waals surface area contributed by atoms with E-state index in [1.165, 1.54) is 4.57 Å². The molecule has 0 aliphatic rings. The molecule has 162 valence electrons. The van der Waals surface area contributed by atoms with Gasteiger partial charge in [-0.05, 0) is 42.3 Å². The second-order valence-electron chi connectivity index (χ2n) is 7.54. The summed E-state index contributed by atoms with van der Waals surface area (Å²) < 4.78 is 11.5. The van der Waals surface area contributed by atoms with E-state index in [0.29, 0.717) is 28.8 Å². The summed E-state index contributed by atoms with van der Waals surface area (Å²) in [5.74, 6) is -1.35. The lowest BCUT2D eigenvalue weighted by Crippen LogP contribution is -2.19. The van der Waals surface area contributed by atoms with Crippen molar-refractivity contribution >= 4 is 34.4 Å². The average Bonchev–Trinajstić information content (AvgIpc) is 3.05. The second kappa shape index (κ2) is 9.88. The fourth-order valence-electron chi connectivity index (χ4n) is 3.05. The highest BCUT2D eigenvalue weighted by molar-refractivity contribution is 5.98. The van der Waals surface area contributed by atoms with E-state index >= 15 is 0 Å². The van der Waals surface area contributed by atoms with Crippen LogP contribution in [0, 0.1) is 5.92 Å². The zero-order valence-corrected chi connectivity index (χ0v) is 17.4. The number of ketones is 1. The van der Waals surface area contributed by atoms with Crippen LogP contribution < -0.4 is 11.1 Å². The number of aromatic nitrogens is 1. The second-order valence-corrected chi connectivity index (χ2v) is 7.54. The average molecular weight is 424 g/mol. The van der Waals surface area contributed by atoms with Crippen molar-refractivity contribution in [2.24, 2.45) is 5.92 Å². The molecule has 1 heterocycles.